The summed E-state index contributed by atoms with van der Waals surface area (Å²) in [6.45, 7) is 2.70. The fourth-order valence-corrected chi connectivity index (χ4v) is 4.24. The fraction of sp³-hybridized carbons (Fsp3) is 0.600. The molecule has 134 valence electrons. The van der Waals surface area contributed by atoms with Gasteiger partial charge in [-0.25, -0.2) is 0 Å². The molecule has 5 heteroatoms. The Labute approximate surface area is 149 Å². The van der Waals surface area contributed by atoms with E-state index in [1.165, 1.54) is 0 Å². The van der Waals surface area contributed by atoms with E-state index < -0.39 is 0 Å². The van der Waals surface area contributed by atoms with E-state index in [2.05, 4.69) is 17.1 Å². The van der Waals surface area contributed by atoms with Gasteiger partial charge in [-0.05, 0) is 37.8 Å². The van der Waals surface area contributed by atoms with Crippen LogP contribution in [0, 0.1) is 5.92 Å². The van der Waals surface area contributed by atoms with Gasteiger partial charge in [-0.1, -0.05) is 18.2 Å². The molecule has 1 spiro atoms. The Morgan fingerprint density at radius 2 is 2.24 bits per heavy atom. The van der Waals surface area contributed by atoms with Crippen LogP contribution in [0.1, 0.15) is 37.8 Å². The third-order valence-electron chi connectivity index (χ3n) is 5.58. The van der Waals surface area contributed by atoms with Crippen LogP contribution in [0.4, 0.5) is 0 Å². The molecule has 1 aromatic heterocycles. The number of likely N-dealkylation sites (tertiary alicyclic amines) is 1. The van der Waals surface area contributed by atoms with Gasteiger partial charge in [-0.3, -0.25) is 9.78 Å². The molecule has 1 aromatic rings. The van der Waals surface area contributed by atoms with E-state index in [-0.39, 0.29) is 17.6 Å². The summed E-state index contributed by atoms with van der Waals surface area (Å²) in [6, 6.07) is 5.85. The van der Waals surface area contributed by atoms with E-state index in [1.807, 2.05) is 23.1 Å². The van der Waals surface area contributed by atoms with Crippen molar-refractivity contribution < 1.29 is 14.3 Å². The van der Waals surface area contributed by atoms with E-state index in [0.717, 1.165) is 44.3 Å². The first-order chi connectivity index (χ1) is 12.2. The second-order valence-electron chi connectivity index (χ2n) is 7.46. The Bertz CT molecular complexity index is 625. The molecular weight excluding hydrogens is 316 g/mol. The predicted octanol–water partition coefficient (Wildman–Crippen LogP) is 2.71. The van der Waals surface area contributed by atoms with Crippen molar-refractivity contribution in [3.8, 4) is 0 Å². The molecule has 2 fully saturated rings. The molecule has 0 radical (unpaired) electrons. The fourth-order valence-electron chi connectivity index (χ4n) is 4.24. The average molecular weight is 342 g/mol. The van der Waals surface area contributed by atoms with E-state index >= 15 is 0 Å². The first kappa shape index (κ1) is 16.7. The lowest BCUT2D eigenvalue weighted by Crippen LogP contribution is -2.51. The largest absolute Gasteiger partial charge is 0.370 e. The van der Waals surface area contributed by atoms with Gasteiger partial charge in [0.1, 0.15) is 0 Å². The number of carbonyl (C=O) groups is 1. The number of amides is 1. The Balaban J connectivity index is 1.32. The number of hydrogen-bond acceptors (Lipinski definition) is 4. The zero-order valence-corrected chi connectivity index (χ0v) is 14.6. The third kappa shape index (κ3) is 3.77. The maximum atomic E-state index is 12.7. The molecule has 2 saturated heterocycles. The molecule has 4 rings (SSSR count). The molecule has 0 bridgehead atoms. The molecule has 2 atom stereocenters. The molecule has 1 aliphatic carbocycles. The quantitative estimate of drug-likeness (QED) is 0.790. The molecule has 25 heavy (non-hydrogen) atoms. The Kier molecular flexibility index (Phi) is 4.86. The lowest BCUT2D eigenvalue weighted by Gasteiger charge is -2.40. The number of aromatic nitrogens is 1. The van der Waals surface area contributed by atoms with Crippen LogP contribution in [-0.4, -0.2) is 47.2 Å². The first-order valence-electron chi connectivity index (χ1n) is 9.33. The van der Waals surface area contributed by atoms with E-state index in [0.29, 0.717) is 25.7 Å². The molecule has 0 saturated carbocycles. The summed E-state index contributed by atoms with van der Waals surface area (Å²) < 4.78 is 12.2. The van der Waals surface area contributed by atoms with Gasteiger partial charge in [0.05, 0.1) is 30.6 Å². The monoisotopic (exact) mass is 342 g/mol. The van der Waals surface area contributed by atoms with Crippen molar-refractivity contribution in [3.05, 3.63) is 42.2 Å². The average Bonchev–Trinajstić information content (AvgIpc) is 3.31. The molecule has 1 amide bonds. The molecule has 5 nitrogen and oxygen atoms in total. The van der Waals surface area contributed by atoms with E-state index in [9.17, 15) is 4.79 Å². The van der Waals surface area contributed by atoms with Gasteiger partial charge in [0, 0.05) is 31.6 Å². The van der Waals surface area contributed by atoms with Gasteiger partial charge in [-0.2, -0.15) is 0 Å². The van der Waals surface area contributed by atoms with Crippen molar-refractivity contribution in [2.24, 2.45) is 5.92 Å². The van der Waals surface area contributed by atoms with Crippen LogP contribution in [0.5, 0.6) is 0 Å². The van der Waals surface area contributed by atoms with Crippen molar-refractivity contribution in [1.82, 2.24) is 9.88 Å². The summed E-state index contributed by atoms with van der Waals surface area (Å²) in [5, 5.41) is 0. The number of pyridine rings is 1. The summed E-state index contributed by atoms with van der Waals surface area (Å²) in [4.78, 5) is 19.1. The number of nitrogens with zero attached hydrogens (tertiary/aromatic N) is 2. The minimum absolute atomic E-state index is 0.0882. The van der Waals surface area contributed by atoms with Crippen molar-refractivity contribution in [3.63, 3.8) is 0 Å². The summed E-state index contributed by atoms with van der Waals surface area (Å²) >= 11 is 0. The van der Waals surface area contributed by atoms with Crippen LogP contribution in [-0.2, 0) is 20.9 Å². The smallest absolute Gasteiger partial charge is 0.226 e. The molecule has 0 unspecified atom stereocenters. The van der Waals surface area contributed by atoms with Crippen LogP contribution >= 0.6 is 0 Å². The van der Waals surface area contributed by atoms with Crippen LogP contribution in [0.2, 0.25) is 0 Å². The van der Waals surface area contributed by atoms with Crippen LogP contribution in [0.15, 0.2) is 36.5 Å². The second-order valence-corrected chi connectivity index (χ2v) is 7.46. The molecule has 3 heterocycles. The number of piperidine rings is 1. The number of hydrogen-bond donors (Lipinski definition) is 0. The zero-order valence-electron chi connectivity index (χ0n) is 14.6. The Morgan fingerprint density at radius 1 is 1.36 bits per heavy atom. The van der Waals surface area contributed by atoms with Crippen molar-refractivity contribution in [2.45, 2.75) is 50.4 Å². The molecule has 0 N–H and O–H groups in total. The van der Waals surface area contributed by atoms with Crippen LogP contribution in [0.25, 0.3) is 0 Å². The maximum Gasteiger partial charge on any atom is 0.226 e. The number of rotatable bonds is 4. The summed E-state index contributed by atoms with van der Waals surface area (Å²) in [7, 11) is 0. The van der Waals surface area contributed by atoms with Crippen molar-refractivity contribution in [1.29, 1.82) is 0 Å². The lowest BCUT2D eigenvalue weighted by molar-refractivity contribution is -0.143. The molecule has 3 aliphatic rings. The van der Waals surface area contributed by atoms with Gasteiger partial charge in [0.2, 0.25) is 5.91 Å². The van der Waals surface area contributed by atoms with Gasteiger partial charge in [0.25, 0.3) is 0 Å². The highest BCUT2D eigenvalue weighted by Crippen LogP contribution is 2.37. The Hall–Kier alpha value is -1.72. The van der Waals surface area contributed by atoms with Gasteiger partial charge < -0.3 is 14.4 Å². The van der Waals surface area contributed by atoms with Crippen molar-refractivity contribution >= 4 is 5.91 Å². The Morgan fingerprint density at radius 3 is 3.04 bits per heavy atom. The number of ether oxygens (including phenoxy) is 2. The van der Waals surface area contributed by atoms with Crippen LogP contribution in [0.3, 0.4) is 0 Å². The second kappa shape index (κ2) is 7.26. The van der Waals surface area contributed by atoms with Gasteiger partial charge >= 0.3 is 0 Å². The molecular formula is C20H26N2O3. The normalized spacial score (nSPS) is 29.6. The first-order valence-corrected chi connectivity index (χ1v) is 9.33. The summed E-state index contributed by atoms with van der Waals surface area (Å²) in [5.74, 6) is 0.443. The van der Waals surface area contributed by atoms with Gasteiger partial charge in [0.15, 0.2) is 0 Å². The van der Waals surface area contributed by atoms with E-state index in [1.54, 1.807) is 6.20 Å². The minimum Gasteiger partial charge on any atom is -0.370 e. The van der Waals surface area contributed by atoms with Gasteiger partial charge in [-0.15, -0.1) is 0 Å². The number of carbonyl (C=O) groups excluding carboxylic acids is 1. The molecule has 0 aromatic carbocycles. The highest BCUT2D eigenvalue weighted by atomic mass is 16.6. The topological polar surface area (TPSA) is 51.7 Å². The third-order valence-corrected chi connectivity index (χ3v) is 5.58. The summed E-state index contributed by atoms with van der Waals surface area (Å²) in [5.41, 5.74) is 0.729. The summed E-state index contributed by atoms with van der Waals surface area (Å²) in [6.07, 6.45) is 10.8. The SMILES string of the molecule is O=C(C1CC=CC1)N1CCC[C@]2(C[C@H](OCc3ccccn3)CO2)C1. The maximum absolute atomic E-state index is 12.7. The minimum atomic E-state index is -0.214. The van der Waals surface area contributed by atoms with E-state index in [4.69, 9.17) is 9.47 Å². The number of allylic oxidation sites excluding steroid dienone is 2. The lowest BCUT2D eigenvalue weighted by atomic mass is 9.88. The zero-order chi connectivity index (χ0) is 17.1. The molecule has 2 aliphatic heterocycles. The predicted molar refractivity (Wildman–Crippen MR) is 93.8 cm³/mol. The van der Waals surface area contributed by atoms with Crippen molar-refractivity contribution in [2.75, 3.05) is 19.7 Å². The standard InChI is InChI=1S/C20H26N2O3/c23-19(16-6-1-2-7-16)22-11-5-9-20(15-22)12-18(14-25-20)24-13-17-8-3-4-10-21-17/h1-4,8,10,16,18H,5-7,9,11-15H2/t18-,20-/m0/s1. The highest BCUT2D eigenvalue weighted by molar-refractivity contribution is 5.79. The highest BCUT2D eigenvalue weighted by Gasteiger charge is 2.45. The van der Waals surface area contributed by atoms with Crippen LogP contribution < -0.4 is 0 Å².